The first kappa shape index (κ1) is 20.7. The van der Waals surface area contributed by atoms with Crippen molar-refractivity contribution in [3.05, 3.63) is 29.3 Å². The molecule has 1 saturated heterocycles. The normalized spacial score (nSPS) is 14.7. The predicted octanol–water partition coefficient (Wildman–Crippen LogP) is 1.85. The standard InChI is InChI=1S/C20H28N2O5/c1-14-4-5-15(2)17(12-14)27-11-8-18(23)21(3)13-19(24)22-9-6-16(7-10-22)20(25)26/h4-5,12,16H,6-11,13H2,1-3H3,(H,25,26). The third kappa shape index (κ3) is 5.98. The molecule has 2 rings (SSSR count). The Labute approximate surface area is 159 Å². The van der Waals surface area contributed by atoms with Gasteiger partial charge in [-0.05, 0) is 43.9 Å². The number of hydrogen-bond acceptors (Lipinski definition) is 4. The number of amides is 2. The summed E-state index contributed by atoms with van der Waals surface area (Å²) in [5.74, 6) is -0.726. The van der Waals surface area contributed by atoms with Crippen molar-refractivity contribution in [2.24, 2.45) is 5.92 Å². The smallest absolute Gasteiger partial charge is 0.306 e. The first-order chi connectivity index (χ1) is 12.8. The number of rotatable bonds is 7. The molecule has 1 heterocycles. The number of carboxylic acid groups (broad SMARTS) is 1. The van der Waals surface area contributed by atoms with E-state index in [1.165, 1.54) is 4.90 Å². The Morgan fingerprint density at radius 3 is 2.52 bits per heavy atom. The predicted molar refractivity (Wildman–Crippen MR) is 101 cm³/mol. The maximum absolute atomic E-state index is 12.3. The molecule has 0 saturated carbocycles. The van der Waals surface area contributed by atoms with Crippen LogP contribution >= 0.6 is 0 Å². The van der Waals surface area contributed by atoms with Crippen LogP contribution < -0.4 is 4.74 Å². The minimum Gasteiger partial charge on any atom is -0.493 e. The highest BCUT2D eigenvalue weighted by molar-refractivity contribution is 5.85. The van der Waals surface area contributed by atoms with Gasteiger partial charge in [-0.25, -0.2) is 0 Å². The lowest BCUT2D eigenvalue weighted by atomic mass is 9.97. The molecular formula is C20H28N2O5. The number of piperidine rings is 1. The molecule has 0 unspecified atom stereocenters. The zero-order valence-electron chi connectivity index (χ0n) is 16.2. The average molecular weight is 376 g/mol. The van der Waals surface area contributed by atoms with Gasteiger partial charge in [0, 0.05) is 20.1 Å². The minimum absolute atomic E-state index is 0.0000440. The molecule has 0 spiro atoms. The van der Waals surface area contributed by atoms with Crippen LogP contribution in [0.3, 0.4) is 0 Å². The summed E-state index contributed by atoms with van der Waals surface area (Å²) in [7, 11) is 1.60. The topological polar surface area (TPSA) is 87.2 Å². The highest BCUT2D eigenvalue weighted by Gasteiger charge is 2.27. The second-order valence-corrected chi connectivity index (χ2v) is 7.11. The average Bonchev–Trinajstić information content (AvgIpc) is 2.64. The lowest BCUT2D eigenvalue weighted by Gasteiger charge is -2.31. The molecule has 1 N–H and O–H groups in total. The van der Waals surface area contributed by atoms with Crippen LogP contribution in [-0.2, 0) is 14.4 Å². The first-order valence-corrected chi connectivity index (χ1v) is 9.22. The van der Waals surface area contributed by atoms with Gasteiger partial charge >= 0.3 is 5.97 Å². The van der Waals surface area contributed by atoms with E-state index in [1.807, 2.05) is 32.0 Å². The van der Waals surface area contributed by atoms with E-state index in [0.717, 1.165) is 16.9 Å². The lowest BCUT2D eigenvalue weighted by Crippen LogP contribution is -2.45. The van der Waals surface area contributed by atoms with Gasteiger partial charge in [0.15, 0.2) is 0 Å². The molecule has 27 heavy (non-hydrogen) atoms. The van der Waals surface area contributed by atoms with Crippen molar-refractivity contribution in [3.63, 3.8) is 0 Å². The second-order valence-electron chi connectivity index (χ2n) is 7.11. The van der Waals surface area contributed by atoms with Gasteiger partial charge in [-0.3, -0.25) is 14.4 Å². The summed E-state index contributed by atoms with van der Waals surface area (Å²) in [5, 5.41) is 9.01. The molecule has 0 atom stereocenters. The molecule has 1 aromatic carbocycles. The molecule has 7 nitrogen and oxygen atoms in total. The Bertz CT molecular complexity index is 696. The van der Waals surface area contributed by atoms with Crippen LogP contribution in [0.2, 0.25) is 0 Å². The Kier molecular flexibility index (Phi) is 7.21. The minimum atomic E-state index is -0.807. The maximum atomic E-state index is 12.3. The van der Waals surface area contributed by atoms with Crippen LogP contribution in [0.5, 0.6) is 5.75 Å². The molecule has 1 aromatic rings. The van der Waals surface area contributed by atoms with Crippen molar-refractivity contribution < 1.29 is 24.2 Å². The van der Waals surface area contributed by atoms with E-state index in [1.54, 1.807) is 11.9 Å². The number of likely N-dealkylation sites (N-methyl/N-ethyl adjacent to an activating group) is 1. The maximum Gasteiger partial charge on any atom is 0.306 e. The van der Waals surface area contributed by atoms with Crippen LogP contribution in [-0.4, -0.2) is 66.0 Å². The highest BCUT2D eigenvalue weighted by atomic mass is 16.5. The van der Waals surface area contributed by atoms with Gasteiger partial charge in [0.1, 0.15) is 5.75 Å². The van der Waals surface area contributed by atoms with Crippen LogP contribution in [0, 0.1) is 19.8 Å². The third-order valence-corrected chi connectivity index (χ3v) is 4.91. The SMILES string of the molecule is Cc1ccc(C)c(OCCC(=O)N(C)CC(=O)N2CCC(C(=O)O)CC2)c1. The Hall–Kier alpha value is -2.57. The first-order valence-electron chi connectivity index (χ1n) is 9.22. The number of nitrogens with zero attached hydrogens (tertiary/aromatic N) is 2. The van der Waals surface area contributed by atoms with Crippen LogP contribution in [0.4, 0.5) is 0 Å². The third-order valence-electron chi connectivity index (χ3n) is 4.91. The number of aliphatic carboxylic acids is 1. The number of carbonyl (C=O) groups is 3. The quantitative estimate of drug-likeness (QED) is 0.785. The number of hydrogen-bond donors (Lipinski definition) is 1. The van der Waals surface area contributed by atoms with Crippen molar-refractivity contribution in [2.45, 2.75) is 33.1 Å². The summed E-state index contributed by atoms with van der Waals surface area (Å²) in [6, 6.07) is 5.92. The molecule has 148 valence electrons. The van der Waals surface area contributed by atoms with Crippen LogP contribution in [0.25, 0.3) is 0 Å². The van der Waals surface area contributed by atoms with Crippen molar-refractivity contribution in [2.75, 3.05) is 33.3 Å². The van der Waals surface area contributed by atoms with Crippen LogP contribution in [0.1, 0.15) is 30.4 Å². The van der Waals surface area contributed by atoms with Gasteiger partial charge in [0.2, 0.25) is 11.8 Å². The van der Waals surface area contributed by atoms with E-state index in [4.69, 9.17) is 9.84 Å². The van der Waals surface area contributed by atoms with Crippen molar-refractivity contribution in [1.29, 1.82) is 0 Å². The van der Waals surface area contributed by atoms with E-state index in [9.17, 15) is 14.4 Å². The van der Waals surface area contributed by atoms with Crippen molar-refractivity contribution in [3.8, 4) is 5.75 Å². The summed E-state index contributed by atoms with van der Waals surface area (Å²) in [4.78, 5) is 38.6. The van der Waals surface area contributed by atoms with Gasteiger partial charge in [-0.1, -0.05) is 12.1 Å². The molecule has 0 radical (unpaired) electrons. The van der Waals surface area contributed by atoms with E-state index in [-0.39, 0.29) is 37.3 Å². The molecule has 7 heteroatoms. The highest BCUT2D eigenvalue weighted by Crippen LogP contribution is 2.19. The molecule has 0 aromatic heterocycles. The summed E-state index contributed by atoms with van der Waals surface area (Å²) in [5.41, 5.74) is 2.11. The second kappa shape index (κ2) is 9.39. The van der Waals surface area contributed by atoms with E-state index in [0.29, 0.717) is 25.9 Å². The summed E-state index contributed by atoms with van der Waals surface area (Å²) in [6.45, 7) is 5.04. The Morgan fingerprint density at radius 1 is 1.22 bits per heavy atom. The zero-order chi connectivity index (χ0) is 20.0. The Morgan fingerprint density at radius 2 is 1.89 bits per heavy atom. The summed E-state index contributed by atoms with van der Waals surface area (Å²) < 4.78 is 5.70. The largest absolute Gasteiger partial charge is 0.493 e. The number of benzene rings is 1. The number of carbonyl (C=O) groups excluding carboxylic acids is 2. The van der Waals surface area contributed by atoms with E-state index < -0.39 is 5.97 Å². The fourth-order valence-corrected chi connectivity index (χ4v) is 3.07. The molecule has 1 fully saturated rings. The van der Waals surface area contributed by atoms with Crippen molar-refractivity contribution >= 4 is 17.8 Å². The van der Waals surface area contributed by atoms with Gasteiger partial charge in [0.05, 0.1) is 25.5 Å². The van der Waals surface area contributed by atoms with Gasteiger partial charge < -0.3 is 19.6 Å². The monoisotopic (exact) mass is 376 g/mol. The fraction of sp³-hybridized carbons (Fsp3) is 0.550. The van der Waals surface area contributed by atoms with Crippen LogP contribution in [0.15, 0.2) is 18.2 Å². The molecule has 1 aliphatic heterocycles. The van der Waals surface area contributed by atoms with E-state index >= 15 is 0 Å². The summed E-state index contributed by atoms with van der Waals surface area (Å²) in [6.07, 6.45) is 1.11. The lowest BCUT2D eigenvalue weighted by molar-refractivity contribution is -0.146. The van der Waals surface area contributed by atoms with Gasteiger partial charge in [0.25, 0.3) is 0 Å². The Balaban J connectivity index is 1.74. The molecule has 2 amide bonds. The van der Waals surface area contributed by atoms with E-state index in [2.05, 4.69) is 0 Å². The fourth-order valence-electron chi connectivity index (χ4n) is 3.07. The van der Waals surface area contributed by atoms with Gasteiger partial charge in [-0.15, -0.1) is 0 Å². The molecule has 0 bridgehead atoms. The molecular weight excluding hydrogens is 348 g/mol. The van der Waals surface area contributed by atoms with Crippen molar-refractivity contribution in [1.82, 2.24) is 9.80 Å². The van der Waals surface area contributed by atoms with Gasteiger partial charge in [-0.2, -0.15) is 0 Å². The molecule has 0 aliphatic carbocycles. The number of carboxylic acids is 1. The number of ether oxygens (including phenoxy) is 1. The zero-order valence-corrected chi connectivity index (χ0v) is 16.2. The number of likely N-dealkylation sites (tertiary alicyclic amines) is 1. The summed E-state index contributed by atoms with van der Waals surface area (Å²) >= 11 is 0. The molecule has 1 aliphatic rings. The number of aryl methyl sites for hydroxylation is 2.